The highest BCUT2D eigenvalue weighted by Crippen LogP contribution is 2.37. The molecule has 2 heterocycles. The highest BCUT2D eigenvalue weighted by molar-refractivity contribution is 6.35. The third-order valence-electron chi connectivity index (χ3n) is 6.01. The summed E-state index contributed by atoms with van der Waals surface area (Å²) in [7, 11) is 0. The Balaban J connectivity index is 1.53. The highest BCUT2D eigenvalue weighted by Gasteiger charge is 2.29. The number of aliphatic hydroxyl groups is 1. The fraction of sp³-hybridized carbons (Fsp3) is 0.292. The van der Waals surface area contributed by atoms with Crippen LogP contribution in [0, 0.1) is 5.82 Å². The molecule has 0 radical (unpaired) electrons. The Labute approximate surface area is 210 Å². The minimum atomic E-state index is -0.706. The summed E-state index contributed by atoms with van der Waals surface area (Å²) >= 11 is 12.5. The van der Waals surface area contributed by atoms with E-state index >= 15 is 0 Å². The SMILES string of the molecule is CC1c2c(Cl)cc(Cl)cc2CCN1C(=O)CNc1cc2cc(C(=O)NCCO)[nH]c(=O)c2cc1F. The van der Waals surface area contributed by atoms with Gasteiger partial charge in [0.05, 0.1) is 30.3 Å². The first kappa shape index (κ1) is 25.0. The fourth-order valence-corrected chi connectivity index (χ4v) is 5.02. The predicted octanol–water partition coefficient (Wildman–Crippen LogP) is 3.25. The number of anilines is 1. The molecule has 3 aromatic rings. The molecule has 0 bridgehead atoms. The quantitative estimate of drug-likeness (QED) is 0.398. The Bertz CT molecular complexity index is 1380. The lowest BCUT2D eigenvalue weighted by molar-refractivity contribution is -0.131. The molecule has 4 rings (SSSR count). The standard InChI is InChI=1S/C24H23Cl2FN4O4/c1-12-22-13(6-15(25)9-17(22)26)2-4-31(12)21(33)11-29-19-7-14-8-20(24(35)28-3-5-32)30-23(34)16(14)10-18(19)27/h6-10,12,29,32H,2-5,11H2,1H3,(H,28,35)(H,30,34). The largest absolute Gasteiger partial charge is 0.395 e. The molecule has 35 heavy (non-hydrogen) atoms. The number of aliphatic hydroxyl groups excluding tert-OH is 1. The number of H-pyrrole nitrogens is 1. The maximum atomic E-state index is 14.7. The predicted molar refractivity (Wildman–Crippen MR) is 133 cm³/mol. The van der Waals surface area contributed by atoms with Crippen LogP contribution in [0.5, 0.6) is 0 Å². The summed E-state index contributed by atoms with van der Waals surface area (Å²) in [6, 6.07) is 7.06. The first-order valence-electron chi connectivity index (χ1n) is 11.0. The van der Waals surface area contributed by atoms with Gasteiger partial charge in [0.2, 0.25) is 5.91 Å². The second kappa shape index (κ2) is 10.2. The molecule has 0 saturated carbocycles. The number of hydrogen-bond acceptors (Lipinski definition) is 5. The second-order valence-electron chi connectivity index (χ2n) is 8.24. The molecular formula is C24H23Cl2FN4O4. The summed E-state index contributed by atoms with van der Waals surface area (Å²) < 4.78 is 14.7. The molecule has 1 atom stereocenters. The summed E-state index contributed by atoms with van der Waals surface area (Å²) in [5.74, 6) is -1.53. The number of carbonyl (C=O) groups is 2. The number of aromatic nitrogens is 1. The van der Waals surface area contributed by atoms with Crippen LogP contribution < -0.4 is 16.2 Å². The molecule has 1 unspecified atom stereocenters. The molecule has 11 heteroatoms. The number of aromatic amines is 1. The molecule has 1 aliphatic heterocycles. The lowest BCUT2D eigenvalue weighted by atomic mass is 9.93. The van der Waals surface area contributed by atoms with Crippen LogP contribution in [0.2, 0.25) is 10.0 Å². The van der Waals surface area contributed by atoms with Crippen LogP contribution in [0.3, 0.4) is 0 Å². The molecule has 1 aromatic heterocycles. The summed E-state index contributed by atoms with van der Waals surface area (Å²) in [5.41, 5.74) is 1.21. The minimum Gasteiger partial charge on any atom is -0.395 e. The van der Waals surface area contributed by atoms with E-state index in [-0.39, 0.29) is 48.4 Å². The van der Waals surface area contributed by atoms with Gasteiger partial charge in [0, 0.05) is 23.1 Å². The fourth-order valence-electron chi connectivity index (χ4n) is 4.33. The van der Waals surface area contributed by atoms with Crippen LogP contribution in [0.25, 0.3) is 10.8 Å². The molecule has 0 spiro atoms. The number of nitrogens with zero attached hydrogens (tertiary/aromatic N) is 1. The molecule has 2 aromatic carbocycles. The van der Waals surface area contributed by atoms with Gasteiger partial charge in [-0.3, -0.25) is 14.4 Å². The normalized spacial score (nSPS) is 15.1. The van der Waals surface area contributed by atoms with Crippen molar-refractivity contribution in [2.24, 2.45) is 0 Å². The molecule has 4 N–H and O–H groups in total. The number of pyridine rings is 1. The Morgan fingerprint density at radius 1 is 1.23 bits per heavy atom. The van der Waals surface area contributed by atoms with E-state index < -0.39 is 17.3 Å². The van der Waals surface area contributed by atoms with Crippen molar-refractivity contribution < 1.29 is 19.1 Å². The van der Waals surface area contributed by atoms with Gasteiger partial charge in [0.15, 0.2) is 0 Å². The molecule has 184 valence electrons. The van der Waals surface area contributed by atoms with Gasteiger partial charge >= 0.3 is 0 Å². The molecule has 8 nitrogen and oxygen atoms in total. The number of halogens is 3. The number of amides is 2. The number of rotatable bonds is 6. The number of nitrogens with one attached hydrogen (secondary N) is 3. The van der Waals surface area contributed by atoms with Crippen molar-refractivity contribution in [2.75, 3.05) is 31.6 Å². The Hall–Kier alpha value is -3.14. The highest BCUT2D eigenvalue weighted by atomic mass is 35.5. The first-order valence-corrected chi connectivity index (χ1v) is 11.7. The zero-order chi connectivity index (χ0) is 25.3. The molecule has 1 aliphatic rings. The lowest BCUT2D eigenvalue weighted by Gasteiger charge is -2.36. The third kappa shape index (κ3) is 5.12. The second-order valence-corrected chi connectivity index (χ2v) is 9.08. The van der Waals surface area contributed by atoms with Gasteiger partial charge in [-0.05, 0) is 60.2 Å². The van der Waals surface area contributed by atoms with Crippen molar-refractivity contribution in [3.8, 4) is 0 Å². The Morgan fingerprint density at radius 2 is 2.00 bits per heavy atom. The summed E-state index contributed by atoms with van der Waals surface area (Å²) in [5, 5.41) is 15.5. The van der Waals surface area contributed by atoms with Crippen LogP contribution in [-0.4, -0.2) is 53.0 Å². The topological polar surface area (TPSA) is 115 Å². The van der Waals surface area contributed by atoms with E-state index in [1.54, 1.807) is 11.0 Å². The van der Waals surface area contributed by atoms with Gasteiger partial charge < -0.3 is 25.6 Å². The van der Waals surface area contributed by atoms with Crippen molar-refractivity contribution >= 4 is 51.5 Å². The zero-order valence-electron chi connectivity index (χ0n) is 18.8. The van der Waals surface area contributed by atoms with E-state index in [0.29, 0.717) is 28.4 Å². The third-order valence-corrected chi connectivity index (χ3v) is 6.54. The Morgan fingerprint density at radius 3 is 2.74 bits per heavy atom. The minimum absolute atomic E-state index is 0.0213. The van der Waals surface area contributed by atoms with Crippen molar-refractivity contribution in [1.82, 2.24) is 15.2 Å². The van der Waals surface area contributed by atoms with Crippen molar-refractivity contribution in [1.29, 1.82) is 0 Å². The summed E-state index contributed by atoms with van der Waals surface area (Å²) in [4.78, 5) is 41.6. The van der Waals surface area contributed by atoms with Gasteiger partial charge in [-0.2, -0.15) is 0 Å². The zero-order valence-corrected chi connectivity index (χ0v) is 20.3. The number of benzene rings is 2. The number of carbonyl (C=O) groups excluding carboxylic acids is 2. The summed E-state index contributed by atoms with van der Waals surface area (Å²) in [6.07, 6.45) is 0.597. The Kier molecular flexibility index (Phi) is 7.30. The smallest absolute Gasteiger partial charge is 0.267 e. The van der Waals surface area contributed by atoms with Crippen LogP contribution in [-0.2, 0) is 11.2 Å². The van der Waals surface area contributed by atoms with Gasteiger partial charge in [-0.25, -0.2) is 4.39 Å². The van der Waals surface area contributed by atoms with E-state index in [1.807, 2.05) is 13.0 Å². The molecular weight excluding hydrogens is 498 g/mol. The van der Waals surface area contributed by atoms with E-state index in [2.05, 4.69) is 15.6 Å². The maximum absolute atomic E-state index is 14.7. The van der Waals surface area contributed by atoms with E-state index in [0.717, 1.165) is 17.2 Å². The van der Waals surface area contributed by atoms with E-state index in [4.69, 9.17) is 28.3 Å². The maximum Gasteiger partial charge on any atom is 0.267 e. The van der Waals surface area contributed by atoms with Gasteiger partial charge in [0.25, 0.3) is 11.5 Å². The van der Waals surface area contributed by atoms with Crippen LogP contribution in [0.15, 0.2) is 35.1 Å². The summed E-state index contributed by atoms with van der Waals surface area (Å²) in [6.45, 7) is 1.93. The van der Waals surface area contributed by atoms with Crippen molar-refractivity contribution in [2.45, 2.75) is 19.4 Å². The van der Waals surface area contributed by atoms with Crippen LogP contribution >= 0.6 is 23.2 Å². The van der Waals surface area contributed by atoms with Crippen LogP contribution in [0.4, 0.5) is 10.1 Å². The lowest BCUT2D eigenvalue weighted by Crippen LogP contribution is -2.42. The monoisotopic (exact) mass is 520 g/mol. The van der Waals surface area contributed by atoms with Crippen LogP contribution in [0.1, 0.15) is 34.6 Å². The number of fused-ring (bicyclic) bond motifs is 2. The number of hydrogen-bond donors (Lipinski definition) is 4. The molecule has 0 aliphatic carbocycles. The average Bonchev–Trinajstić information content (AvgIpc) is 2.81. The van der Waals surface area contributed by atoms with Crippen molar-refractivity contribution in [3.63, 3.8) is 0 Å². The van der Waals surface area contributed by atoms with Gasteiger partial charge in [0.1, 0.15) is 11.5 Å². The average molecular weight is 521 g/mol. The van der Waals surface area contributed by atoms with Crippen molar-refractivity contribution in [3.05, 3.63) is 73.4 Å². The van der Waals surface area contributed by atoms with E-state index in [9.17, 15) is 18.8 Å². The van der Waals surface area contributed by atoms with E-state index in [1.165, 1.54) is 12.1 Å². The molecule has 0 saturated heterocycles. The van der Waals surface area contributed by atoms with Gasteiger partial charge in [-0.15, -0.1) is 0 Å². The van der Waals surface area contributed by atoms with Gasteiger partial charge in [-0.1, -0.05) is 23.2 Å². The molecule has 0 fully saturated rings. The first-order chi connectivity index (χ1) is 16.7. The molecule has 2 amide bonds.